The molecule has 0 aliphatic carbocycles. The Morgan fingerprint density at radius 3 is 2.57 bits per heavy atom. The van der Waals surface area contributed by atoms with Crippen molar-refractivity contribution in [2.45, 2.75) is 57.3 Å². The van der Waals surface area contributed by atoms with Gasteiger partial charge in [0.1, 0.15) is 0 Å². The van der Waals surface area contributed by atoms with Gasteiger partial charge in [0.2, 0.25) is 17.7 Å². The van der Waals surface area contributed by atoms with Gasteiger partial charge in [0.05, 0.1) is 21.8 Å². The predicted molar refractivity (Wildman–Crippen MR) is 147 cm³/mol. The maximum absolute atomic E-state index is 13.0. The molecular weight excluding hydrogens is 484 g/mol. The minimum atomic E-state index is -0.129. The van der Waals surface area contributed by atoms with E-state index in [-0.39, 0.29) is 30.2 Å². The highest BCUT2D eigenvalue weighted by molar-refractivity contribution is 7.18. The smallest absolute Gasteiger partial charge is 0.239 e. The Hall–Kier alpha value is -3.26. The first kappa shape index (κ1) is 26.8. The molecule has 37 heavy (non-hydrogen) atoms. The molecule has 1 unspecified atom stereocenters. The highest BCUT2D eigenvalue weighted by Gasteiger charge is 2.19. The van der Waals surface area contributed by atoms with Crippen molar-refractivity contribution >= 4 is 39.3 Å². The fourth-order valence-corrected chi connectivity index (χ4v) is 5.75. The Balaban J connectivity index is 1.28. The van der Waals surface area contributed by atoms with Crippen LogP contribution in [0.2, 0.25) is 0 Å². The lowest BCUT2D eigenvalue weighted by Gasteiger charge is -2.24. The maximum atomic E-state index is 13.0. The average Bonchev–Trinajstić information content (AvgIpc) is 3.33. The van der Waals surface area contributed by atoms with Gasteiger partial charge in [0, 0.05) is 32.5 Å². The second kappa shape index (κ2) is 13.9. The van der Waals surface area contributed by atoms with Gasteiger partial charge in [-0.05, 0) is 62.1 Å². The van der Waals surface area contributed by atoms with Crippen LogP contribution in [0.15, 0.2) is 54.6 Å². The van der Waals surface area contributed by atoms with Gasteiger partial charge < -0.3 is 15.5 Å². The molecule has 2 heterocycles. The number of benzene rings is 2. The van der Waals surface area contributed by atoms with E-state index in [1.165, 1.54) is 10.3 Å². The van der Waals surface area contributed by atoms with E-state index in [0.717, 1.165) is 42.6 Å². The number of thiazole rings is 1. The number of aromatic nitrogens is 1. The summed E-state index contributed by atoms with van der Waals surface area (Å²) in [4.78, 5) is 44.4. The standard InChI is InChI=1S/C29H36N4O3S/c34-26-16-15-23(22-9-2-1-3-10-22)17-19-31-27(35)21-33(20-8-18-30-26)29(36)14-7-6-13-28-32-24-11-4-5-12-25(24)37-28/h1-5,9-12,23H,6-8,13-21H2,(H,30,34)(H,31,35). The number of rotatable bonds is 6. The van der Waals surface area contributed by atoms with Crippen LogP contribution >= 0.6 is 11.3 Å². The molecular formula is C29H36N4O3S. The number of carbonyl (C=O) groups excluding carboxylic acids is 3. The van der Waals surface area contributed by atoms with E-state index in [0.29, 0.717) is 38.9 Å². The average molecular weight is 521 g/mol. The summed E-state index contributed by atoms with van der Waals surface area (Å²) >= 11 is 1.71. The molecule has 3 aromatic rings. The number of aryl methyl sites for hydroxylation is 1. The zero-order valence-corrected chi connectivity index (χ0v) is 22.1. The molecule has 1 aliphatic heterocycles. The third kappa shape index (κ3) is 8.39. The van der Waals surface area contributed by atoms with Gasteiger partial charge in [-0.25, -0.2) is 4.98 Å². The van der Waals surface area contributed by atoms with Crippen molar-refractivity contribution in [1.29, 1.82) is 0 Å². The molecule has 0 spiro atoms. The van der Waals surface area contributed by atoms with Crippen molar-refractivity contribution in [2.24, 2.45) is 0 Å². The molecule has 0 radical (unpaired) electrons. The number of unbranched alkanes of at least 4 members (excludes halogenated alkanes) is 1. The molecule has 1 aliphatic rings. The summed E-state index contributed by atoms with van der Waals surface area (Å²) in [6.45, 7) is 1.53. The summed E-state index contributed by atoms with van der Waals surface area (Å²) in [5.41, 5.74) is 2.21. The molecule has 1 saturated heterocycles. The Kier molecular flexibility index (Phi) is 10.1. The summed E-state index contributed by atoms with van der Waals surface area (Å²) in [5, 5.41) is 7.06. The summed E-state index contributed by atoms with van der Waals surface area (Å²) < 4.78 is 1.19. The van der Waals surface area contributed by atoms with Gasteiger partial charge in [0.15, 0.2) is 0 Å². The summed E-state index contributed by atoms with van der Waals surface area (Å²) in [6.07, 6.45) is 5.45. The van der Waals surface area contributed by atoms with E-state index in [4.69, 9.17) is 0 Å². The lowest BCUT2D eigenvalue weighted by atomic mass is 9.91. The summed E-state index contributed by atoms with van der Waals surface area (Å²) in [5.74, 6) is 0.0915. The van der Waals surface area contributed by atoms with E-state index in [1.807, 2.05) is 36.4 Å². The zero-order valence-electron chi connectivity index (χ0n) is 21.3. The van der Waals surface area contributed by atoms with Crippen molar-refractivity contribution in [3.8, 4) is 0 Å². The Morgan fingerprint density at radius 1 is 0.946 bits per heavy atom. The molecule has 2 N–H and O–H groups in total. The molecule has 2 aromatic carbocycles. The van der Waals surface area contributed by atoms with Crippen molar-refractivity contribution in [3.63, 3.8) is 0 Å². The van der Waals surface area contributed by atoms with E-state index in [2.05, 4.69) is 33.8 Å². The minimum Gasteiger partial charge on any atom is -0.356 e. The summed E-state index contributed by atoms with van der Waals surface area (Å²) in [6, 6.07) is 18.2. The summed E-state index contributed by atoms with van der Waals surface area (Å²) in [7, 11) is 0. The van der Waals surface area contributed by atoms with Gasteiger partial charge in [-0.3, -0.25) is 14.4 Å². The van der Waals surface area contributed by atoms with Crippen LogP contribution in [-0.2, 0) is 20.8 Å². The van der Waals surface area contributed by atoms with Crippen LogP contribution in [0.3, 0.4) is 0 Å². The monoisotopic (exact) mass is 520 g/mol. The van der Waals surface area contributed by atoms with Gasteiger partial charge in [-0.1, -0.05) is 42.5 Å². The first-order chi connectivity index (χ1) is 18.1. The van der Waals surface area contributed by atoms with Crippen LogP contribution in [0.25, 0.3) is 10.2 Å². The SMILES string of the molecule is O=C1CCC(c2ccccc2)CCNC(=O)CN(C(=O)CCCCc2nc3ccccc3s2)CCCN1. The fraction of sp³-hybridized carbons (Fsp3) is 0.448. The Labute approximate surface area is 222 Å². The molecule has 1 fully saturated rings. The topological polar surface area (TPSA) is 91.4 Å². The van der Waals surface area contributed by atoms with E-state index >= 15 is 0 Å². The van der Waals surface area contributed by atoms with Crippen LogP contribution in [0, 0.1) is 0 Å². The van der Waals surface area contributed by atoms with Gasteiger partial charge in [-0.2, -0.15) is 0 Å². The predicted octanol–water partition coefficient (Wildman–Crippen LogP) is 4.43. The first-order valence-electron chi connectivity index (χ1n) is 13.3. The van der Waals surface area contributed by atoms with Gasteiger partial charge in [-0.15, -0.1) is 11.3 Å². The van der Waals surface area contributed by atoms with Gasteiger partial charge >= 0.3 is 0 Å². The largest absolute Gasteiger partial charge is 0.356 e. The lowest BCUT2D eigenvalue weighted by molar-refractivity contribution is -0.136. The third-order valence-electron chi connectivity index (χ3n) is 6.79. The number of para-hydroxylation sites is 1. The number of hydrogen-bond donors (Lipinski definition) is 2. The Morgan fingerprint density at radius 2 is 1.73 bits per heavy atom. The molecule has 1 aromatic heterocycles. The molecule has 3 amide bonds. The highest BCUT2D eigenvalue weighted by atomic mass is 32.1. The van der Waals surface area contributed by atoms with E-state index in [9.17, 15) is 14.4 Å². The first-order valence-corrected chi connectivity index (χ1v) is 14.1. The lowest BCUT2D eigenvalue weighted by Crippen LogP contribution is -2.42. The molecule has 1 atom stereocenters. The maximum Gasteiger partial charge on any atom is 0.239 e. The number of carbonyl (C=O) groups is 3. The Bertz CT molecular complexity index is 1150. The molecule has 7 nitrogen and oxygen atoms in total. The van der Waals surface area contributed by atoms with E-state index in [1.54, 1.807) is 16.2 Å². The second-order valence-electron chi connectivity index (χ2n) is 9.59. The van der Waals surface area contributed by atoms with Crippen molar-refractivity contribution in [1.82, 2.24) is 20.5 Å². The van der Waals surface area contributed by atoms with Crippen LogP contribution in [0.5, 0.6) is 0 Å². The van der Waals surface area contributed by atoms with Gasteiger partial charge in [0.25, 0.3) is 0 Å². The number of nitrogens with zero attached hydrogens (tertiary/aromatic N) is 2. The number of nitrogens with one attached hydrogen (secondary N) is 2. The second-order valence-corrected chi connectivity index (χ2v) is 10.7. The van der Waals surface area contributed by atoms with Crippen molar-refractivity contribution in [2.75, 3.05) is 26.2 Å². The number of amides is 3. The van der Waals surface area contributed by atoms with Crippen LogP contribution in [0.1, 0.15) is 61.4 Å². The number of fused-ring (bicyclic) bond motifs is 1. The highest BCUT2D eigenvalue weighted by Crippen LogP contribution is 2.25. The van der Waals surface area contributed by atoms with Crippen molar-refractivity contribution in [3.05, 3.63) is 65.2 Å². The zero-order chi connectivity index (χ0) is 25.9. The minimum absolute atomic E-state index is 0.0139. The van der Waals surface area contributed by atoms with Crippen LogP contribution in [-0.4, -0.2) is 53.8 Å². The van der Waals surface area contributed by atoms with Crippen LogP contribution in [0.4, 0.5) is 0 Å². The third-order valence-corrected chi connectivity index (χ3v) is 7.89. The molecule has 0 saturated carbocycles. The van der Waals surface area contributed by atoms with Crippen LogP contribution < -0.4 is 10.6 Å². The molecule has 8 heteroatoms. The quantitative estimate of drug-likeness (QED) is 0.471. The number of hydrogen-bond acceptors (Lipinski definition) is 5. The van der Waals surface area contributed by atoms with E-state index < -0.39 is 0 Å². The normalized spacial score (nSPS) is 18.2. The molecule has 0 bridgehead atoms. The fourth-order valence-electron chi connectivity index (χ4n) is 4.74. The molecule has 4 rings (SSSR count). The van der Waals surface area contributed by atoms with Crippen molar-refractivity contribution < 1.29 is 14.4 Å². The molecule has 196 valence electrons.